The molecular weight excluding hydrogens is 573 g/mol. The zero-order chi connectivity index (χ0) is 27.8. The maximum atomic E-state index is 11.9. The molecule has 0 aliphatic heterocycles. The summed E-state index contributed by atoms with van der Waals surface area (Å²) in [7, 11) is 1.34. The number of esters is 1. The summed E-state index contributed by atoms with van der Waals surface area (Å²) in [4.78, 5) is 11.9. The Morgan fingerprint density at radius 1 is 1.07 bits per heavy atom. The van der Waals surface area contributed by atoms with E-state index < -0.39 is 5.97 Å². The van der Waals surface area contributed by atoms with Crippen LogP contribution in [0.15, 0.2) is 65.3 Å². The van der Waals surface area contributed by atoms with Crippen molar-refractivity contribution in [1.82, 2.24) is 14.9 Å². The number of fused-ring (bicyclic) bond motifs is 1. The molecule has 1 saturated carbocycles. The largest absolute Gasteiger partial charge is 0.489 e. The van der Waals surface area contributed by atoms with E-state index in [2.05, 4.69) is 22.2 Å². The lowest BCUT2D eigenvalue weighted by atomic mass is 10.0. The minimum absolute atomic E-state index is 0.204. The molecule has 0 saturated heterocycles. The Kier molecular flexibility index (Phi) is 7.16. The summed E-state index contributed by atoms with van der Waals surface area (Å²) in [5.74, 6) is 4.26. The lowest BCUT2D eigenvalue weighted by Gasteiger charge is -2.10. The molecule has 6 rings (SSSR count). The van der Waals surface area contributed by atoms with Gasteiger partial charge in [0.1, 0.15) is 23.8 Å². The maximum Gasteiger partial charge on any atom is 0.337 e. The smallest absolute Gasteiger partial charge is 0.337 e. The van der Waals surface area contributed by atoms with Gasteiger partial charge in [-0.3, -0.25) is 0 Å². The van der Waals surface area contributed by atoms with E-state index in [4.69, 9.17) is 48.8 Å². The van der Waals surface area contributed by atoms with Gasteiger partial charge in [0.05, 0.1) is 45.0 Å². The zero-order valence-corrected chi connectivity index (χ0v) is 23.3. The van der Waals surface area contributed by atoms with Crippen LogP contribution >= 0.6 is 34.8 Å². The van der Waals surface area contributed by atoms with Crippen LogP contribution in [-0.4, -0.2) is 28.0 Å². The molecule has 2 aromatic heterocycles. The summed E-state index contributed by atoms with van der Waals surface area (Å²) in [5.41, 5.74) is 3.70. The fourth-order valence-corrected chi connectivity index (χ4v) is 5.15. The van der Waals surface area contributed by atoms with Gasteiger partial charge in [-0.1, -0.05) is 52.1 Å². The summed E-state index contributed by atoms with van der Waals surface area (Å²) in [6, 6.07) is 18.7. The third-order valence-corrected chi connectivity index (χ3v) is 7.52. The Balaban J connectivity index is 1.24. The number of hydrogen-bond acceptors (Lipinski definition) is 6. The first-order valence-electron chi connectivity index (χ1n) is 12.4. The molecule has 7 nitrogen and oxygen atoms in total. The van der Waals surface area contributed by atoms with Crippen LogP contribution in [0.1, 0.15) is 46.0 Å². The van der Waals surface area contributed by atoms with Gasteiger partial charge >= 0.3 is 5.97 Å². The molecular formula is C30H20Cl3N3O4. The minimum Gasteiger partial charge on any atom is -0.489 e. The fraction of sp³-hybridized carbons (Fsp3) is 0.167. The first kappa shape index (κ1) is 26.3. The van der Waals surface area contributed by atoms with Gasteiger partial charge in [0, 0.05) is 34.5 Å². The quantitative estimate of drug-likeness (QED) is 0.148. The number of methoxy groups -OCH3 is 1. The predicted molar refractivity (Wildman–Crippen MR) is 153 cm³/mol. The number of carbonyl (C=O) groups is 1. The molecule has 0 unspecified atom stereocenters. The third-order valence-electron chi connectivity index (χ3n) is 6.58. The lowest BCUT2D eigenvalue weighted by Crippen LogP contribution is -2.01. The van der Waals surface area contributed by atoms with Gasteiger partial charge in [0.25, 0.3) is 0 Å². The van der Waals surface area contributed by atoms with E-state index in [-0.39, 0.29) is 6.61 Å². The van der Waals surface area contributed by atoms with Crippen molar-refractivity contribution in [3.05, 3.63) is 98.3 Å². The molecule has 10 heteroatoms. The number of rotatable bonds is 6. The second-order valence-electron chi connectivity index (χ2n) is 9.23. The SMILES string of the molecule is COC(=O)c1ccc2cnn(C#Cc3ccc(OCc4c(-c5c(Cl)cccc5Cl)noc4C4CC4)cc3Cl)c2c1. The highest BCUT2D eigenvalue weighted by Gasteiger charge is 2.33. The van der Waals surface area contributed by atoms with Gasteiger partial charge in [-0.25, -0.2) is 4.79 Å². The number of halogens is 3. The molecule has 1 fully saturated rings. The molecule has 200 valence electrons. The van der Waals surface area contributed by atoms with Crippen LogP contribution in [0.3, 0.4) is 0 Å². The van der Waals surface area contributed by atoms with Crippen LogP contribution in [0.5, 0.6) is 5.75 Å². The molecule has 0 amide bonds. The van der Waals surface area contributed by atoms with Crippen LogP contribution in [0, 0.1) is 12.0 Å². The Morgan fingerprint density at radius 3 is 2.60 bits per heavy atom. The van der Waals surface area contributed by atoms with Gasteiger partial charge < -0.3 is 14.0 Å². The predicted octanol–water partition coefficient (Wildman–Crippen LogP) is 7.75. The van der Waals surface area contributed by atoms with Gasteiger partial charge in [0.2, 0.25) is 0 Å². The first-order valence-corrected chi connectivity index (χ1v) is 13.5. The Bertz CT molecular complexity index is 1810. The topological polar surface area (TPSA) is 79.4 Å². The molecule has 1 aliphatic carbocycles. The van der Waals surface area contributed by atoms with Crippen LogP contribution in [-0.2, 0) is 11.3 Å². The second kappa shape index (κ2) is 10.9. The van der Waals surface area contributed by atoms with Gasteiger partial charge in [0.15, 0.2) is 0 Å². The summed E-state index contributed by atoms with van der Waals surface area (Å²) in [6.07, 6.45) is 3.74. The molecule has 0 spiro atoms. The minimum atomic E-state index is -0.432. The van der Waals surface area contributed by atoms with E-state index in [1.807, 2.05) is 0 Å². The highest BCUT2D eigenvalue weighted by Crippen LogP contribution is 2.46. The number of benzene rings is 3. The molecule has 40 heavy (non-hydrogen) atoms. The summed E-state index contributed by atoms with van der Waals surface area (Å²) < 4.78 is 18.1. The molecule has 5 aromatic rings. The van der Waals surface area contributed by atoms with Crippen LogP contribution < -0.4 is 4.74 Å². The number of ether oxygens (including phenoxy) is 2. The number of hydrogen-bond donors (Lipinski definition) is 0. The highest BCUT2D eigenvalue weighted by molar-refractivity contribution is 6.39. The van der Waals surface area contributed by atoms with Crippen molar-refractivity contribution in [3.63, 3.8) is 0 Å². The Labute approximate surface area is 244 Å². The standard InChI is InChI=1S/C30H20Cl3N3O4/c1-38-30(37)19-7-8-20-15-34-36(26(20)13-19)12-11-17-9-10-21(14-25(17)33)39-16-22-28(35-40-29(22)18-5-6-18)27-23(31)3-2-4-24(27)32/h2-4,7-10,13-15,18H,5-6,16H2,1H3. The molecule has 0 atom stereocenters. The average molecular weight is 593 g/mol. The number of carbonyl (C=O) groups excluding carboxylic acids is 1. The number of nitrogens with zero attached hydrogens (tertiary/aromatic N) is 3. The first-order chi connectivity index (χ1) is 19.4. The van der Waals surface area contributed by atoms with E-state index in [0.717, 1.165) is 29.6 Å². The Hall–Kier alpha value is -3.96. The molecule has 0 N–H and O–H groups in total. The lowest BCUT2D eigenvalue weighted by molar-refractivity contribution is 0.0601. The van der Waals surface area contributed by atoms with Crippen molar-refractivity contribution in [1.29, 1.82) is 0 Å². The summed E-state index contributed by atoms with van der Waals surface area (Å²) in [5, 5.41) is 10.8. The van der Waals surface area contributed by atoms with Crippen molar-refractivity contribution >= 4 is 51.7 Å². The molecule has 0 radical (unpaired) electrons. The van der Waals surface area contributed by atoms with E-state index in [1.165, 1.54) is 11.8 Å². The van der Waals surface area contributed by atoms with E-state index in [1.54, 1.807) is 60.8 Å². The molecule has 3 aromatic carbocycles. The van der Waals surface area contributed by atoms with E-state index in [9.17, 15) is 4.79 Å². The normalized spacial score (nSPS) is 12.7. The fourth-order valence-electron chi connectivity index (χ4n) is 4.36. The van der Waals surface area contributed by atoms with E-state index in [0.29, 0.717) is 54.6 Å². The van der Waals surface area contributed by atoms with Crippen LogP contribution in [0.2, 0.25) is 15.1 Å². The third kappa shape index (κ3) is 5.14. The van der Waals surface area contributed by atoms with Crippen molar-refractivity contribution in [2.75, 3.05) is 7.11 Å². The van der Waals surface area contributed by atoms with Gasteiger partial charge in [-0.05, 0) is 55.2 Å². The van der Waals surface area contributed by atoms with Crippen molar-refractivity contribution in [2.24, 2.45) is 0 Å². The van der Waals surface area contributed by atoms with Gasteiger partial charge in [-0.2, -0.15) is 9.78 Å². The summed E-state index contributed by atoms with van der Waals surface area (Å²) in [6.45, 7) is 0.204. The van der Waals surface area contributed by atoms with Gasteiger partial charge in [-0.15, -0.1) is 0 Å². The number of aromatic nitrogens is 3. The Morgan fingerprint density at radius 2 is 1.88 bits per heavy atom. The van der Waals surface area contributed by atoms with Crippen molar-refractivity contribution < 1.29 is 18.8 Å². The maximum absolute atomic E-state index is 11.9. The average Bonchev–Trinajstić information content (AvgIpc) is 3.59. The van der Waals surface area contributed by atoms with Crippen molar-refractivity contribution in [2.45, 2.75) is 25.4 Å². The zero-order valence-electron chi connectivity index (χ0n) is 21.1. The summed E-state index contributed by atoms with van der Waals surface area (Å²) >= 11 is 19.5. The molecule has 0 bridgehead atoms. The van der Waals surface area contributed by atoms with Crippen molar-refractivity contribution in [3.8, 4) is 29.0 Å². The van der Waals surface area contributed by atoms with Crippen LogP contribution in [0.4, 0.5) is 0 Å². The highest BCUT2D eigenvalue weighted by atomic mass is 35.5. The van der Waals surface area contributed by atoms with E-state index >= 15 is 0 Å². The molecule has 1 aliphatic rings. The monoisotopic (exact) mass is 591 g/mol. The van der Waals surface area contributed by atoms with Crippen LogP contribution in [0.25, 0.3) is 22.2 Å². The molecule has 2 heterocycles. The second-order valence-corrected chi connectivity index (χ2v) is 10.5.